The molecule has 1 N–H and O–H groups in total. The molecule has 3 rings (SSSR count). The summed E-state index contributed by atoms with van der Waals surface area (Å²) in [7, 11) is 0. The van der Waals surface area contributed by atoms with Crippen molar-refractivity contribution < 1.29 is 13.6 Å². The largest absolute Gasteiger partial charge is 0.324 e. The van der Waals surface area contributed by atoms with Crippen LogP contribution in [0.15, 0.2) is 34.8 Å². The zero-order chi connectivity index (χ0) is 21.3. The summed E-state index contributed by atoms with van der Waals surface area (Å²) < 4.78 is 29.9. The van der Waals surface area contributed by atoms with E-state index >= 15 is 0 Å². The number of alkyl halides is 2. The number of rotatable bonds is 6. The third kappa shape index (κ3) is 4.55. The fraction of sp³-hybridized carbons (Fsp3) is 0.350. The lowest BCUT2D eigenvalue weighted by molar-refractivity contribution is -0.119. The Labute approximate surface area is 176 Å². The van der Waals surface area contributed by atoms with Gasteiger partial charge in [-0.3, -0.25) is 14.2 Å². The topological polar surface area (TPSA) is 64.7 Å². The average Bonchev–Trinajstić information content (AvgIpc) is 3.17. The summed E-state index contributed by atoms with van der Waals surface area (Å²) in [5, 5.41) is 11.2. The molecular formula is C20H22BrF2N5O. The Kier molecular flexibility index (Phi) is 6.16. The van der Waals surface area contributed by atoms with Gasteiger partial charge in [0, 0.05) is 11.4 Å². The minimum atomic E-state index is -2.67. The molecule has 0 radical (unpaired) electrons. The Morgan fingerprint density at radius 2 is 1.93 bits per heavy atom. The molecule has 0 spiro atoms. The maximum atomic E-state index is 12.9. The molecule has 0 saturated carbocycles. The number of halogens is 3. The predicted octanol–water partition coefficient (Wildman–Crippen LogP) is 4.95. The van der Waals surface area contributed by atoms with Crippen LogP contribution in [0.25, 0.3) is 0 Å². The highest BCUT2D eigenvalue weighted by Crippen LogP contribution is 2.23. The first kappa shape index (κ1) is 21.2. The lowest BCUT2D eigenvalue weighted by Gasteiger charge is -2.15. The highest BCUT2D eigenvalue weighted by atomic mass is 79.9. The van der Waals surface area contributed by atoms with Crippen LogP contribution in [0.4, 0.5) is 14.5 Å². The second-order valence-electron chi connectivity index (χ2n) is 6.96. The van der Waals surface area contributed by atoms with Gasteiger partial charge in [0.25, 0.3) is 6.43 Å². The van der Waals surface area contributed by atoms with Gasteiger partial charge in [-0.25, -0.2) is 8.78 Å². The van der Waals surface area contributed by atoms with Gasteiger partial charge in [0.1, 0.15) is 11.7 Å². The van der Waals surface area contributed by atoms with Crippen molar-refractivity contribution in [2.75, 3.05) is 5.32 Å². The first-order valence-electron chi connectivity index (χ1n) is 9.11. The number of aromatic nitrogens is 4. The molecule has 0 bridgehead atoms. The van der Waals surface area contributed by atoms with Crippen molar-refractivity contribution in [2.24, 2.45) is 0 Å². The van der Waals surface area contributed by atoms with Crippen LogP contribution in [0, 0.1) is 20.8 Å². The number of nitrogens with zero attached hydrogens (tertiary/aromatic N) is 4. The highest BCUT2D eigenvalue weighted by molar-refractivity contribution is 9.10. The monoisotopic (exact) mass is 465 g/mol. The minimum absolute atomic E-state index is 0.331. The Morgan fingerprint density at radius 1 is 1.21 bits per heavy atom. The number of aryl methyl sites for hydroxylation is 2. The van der Waals surface area contributed by atoms with E-state index in [1.165, 1.54) is 10.7 Å². The maximum Gasteiger partial charge on any atom is 0.282 e. The summed E-state index contributed by atoms with van der Waals surface area (Å²) in [5.41, 5.74) is 3.71. The molecule has 0 saturated heterocycles. The lowest BCUT2D eigenvalue weighted by atomic mass is 10.2. The van der Waals surface area contributed by atoms with Crippen molar-refractivity contribution in [3.05, 3.63) is 63.1 Å². The molecule has 29 heavy (non-hydrogen) atoms. The van der Waals surface area contributed by atoms with Gasteiger partial charge in [0.05, 0.1) is 22.4 Å². The smallest absolute Gasteiger partial charge is 0.282 e. The third-order valence-electron chi connectivity index (χ3n) is 4.73. The van der Waals surface area contributed by atoms with Crippen LogP contribution >= 0.6 is 15.9 Å². The number of amides is 1. The second kappa shape index (κ2) is 8.44. The quantitative estimate of drug-likeness (QED) is 0.559. The number of carbonyl (C=O) groups excluding carboxylic acids is 1. The first-order chi connectivity index (χ1) is 13.7. The van der Waals surface area contributed by atoms with Crippen LogP contribution < -0.4 is 5.32 Å². The van der Waals surface area contributed by atoms with Gasteiger partial charge in [0.2, 0.25) is 5.91 Å². The third-order valence-corrected chi connectivity index (χ3v) is 5.88. The molecule has 154 valence electrons. The van der Waals surface area contributed by atoms with Crippen LogP contribution in [-0.2, 0) is 11.3 Å². The number of nitrogens with one attached hydrogen (secondary N) is 1. The van der Waals surface area contributed by atoms with Gasteiger partial charge in [-0.2, -0.15) is 10.2 Å². The Balaban J connectivity index is 1.74. The summed E-state index contributed by atoms with van der Waals surface area (Å²) in [6, 6.07) is 8.03. The lowest BCUT2D eigenvalue weighted by Crippen LogP contribution is -2.25. The van der Waals surface area contributed by atoms with Gasteiger partial charge >= 0.3 is 0 Å². The molecule has 2 heterocycles. The maximum absolute atomic E-state index is 12.9. The van der Waals surface area contributed by atoms with E-state index < -0.39 is 12.5 Å². The van der Waals surface area contributed by atoms with Crippen LogP contribution in [0.3, 0.4) is 0 Å². The van der Waals surface area contributed by atoms with E-state index in [9.17, 15) is 13.6 Å². The molecule has 9 heteroatoms. The molecule has 0 aliphatic carbocycles. The minimum Gasteiger partial charge on any atom is -0.324 e. The van der Waals surface area contributed by atoms with Gasteiger partial charge in [-0.15, -0.1) is 0 Å². The molecule has 0 aliphatic rings. The van der Waals surface area contributed by atoms with E-state index in [2.05, 4.69) is 31.4 Å². The van der Waals surface area contributed by atoms with Crippen LogP contribution in [-0.4, -0.2) is 25.5 Å². The van der Waals surface area contributed by atoms with E-state index in [0.717, 1.165) is 21.4 Å². The Hall–Kier alpha value is -2.55. The number of hydrogen-bond acceptors (Lipinski definition) is 3. The van der Waals surface area contributed by atoms with E-state index in [0.29, 0.717) is 17.9 Å². The molecule has 1 amide bonds. The number of hydrogen-bond donors (Lipinski definition) is 1. The Bertz CT molecular complexity index is 1040. The van der Waals surface area contributed by atoms with E-state index in [1.54, 1.807) is 19.9 Å². The molecule has 6 nitrogen and oxygen atoms in total. The number of anilines is 1. The van der Waals surface area contributed by atoms with E-state index in [1.807, 2.05) is 36.7 Å². The average molecular weight is 466 g/mol. The van der Waals surface area contributed by atoms with Gasteiger partial charge in [0.15, 0.2) is 0 Å². The van der Waals surface area contributed by atoms with E-state index in [-0.39, 0.29) is 11.6 Å². The van der Waals surface area contributed by atoms with E-state index in [4.69, 9.17) is 0 Å². The summed E-state index contributed by atoms with van der Waals surface area (Å²) in [5.74, 6) is -0.331. The normalized spacial score (nSPS) is 12.4. The van der Waals surface area contributed by atoms with Crippen molar-refractivity contribution >= 4 is 27.5 Å². The highest BCUT2D eigenvalue weighted by Gasteiger charge is 2.21. The van der Waals surface area contributed by atoms with Crippen LogP contribution in [0.5, 0.6) is 0 Å². The first-order valence-corrected chi connectivity index (χ1v) is 9.90. The van der Waals surface area contributed by atoms with Crippen molar-refractivity contribution in [1.29, 1.82) is 0 Å². The zero-order valence-electron chi connectivity index (χ0n) is 16.6. The van der Waals surface area contributed by atoms with Gasteiger partial charge < -0.3 is 5.32 Å². The molecule has 1 aromatic carbocycles. The molecule has 0 aliphatic heterocycles. The molecule has 1 unspecified atom stereocenters. The fourth-order valence-electron chi connectivity index (χ4n) is 3.12. The van der Waals surface area contributed by atoms with Crippen molar-refractivity contribution in [1.82, 2.24) is 19.6 Å². The Morgan fingerprint density at radius 3 is 2.52 bits per heavy atom. The summed E-state index contributed by atoms with van der Waals surface area (Å²) in [6.45, 7) is 7.75. The molecule has 2 aromatic heterocycles. The van der Waals surface area contributed by atoms with Crippen molar-refractivity contribution in [3.63, 3.8) is 0 Å². The molecule has 1 atom stereocenters. The SMILES string of the molecule is Cc1nn(Cc2cccc(NC(=O)C(C)n3nc(C(F)F)cc3C)c2)c(C)c1Br. The summed E-state index contributed by atoms with van der Waals surface area (Å²) in [4.78, 5) is 12.6. The molecule has 0 fully saturated rings. The van der Waals surface area contributed by atoms with Crippen molar-refractivity contribution in [3.8, 4) is 0 Å². The number of benzene rings is 1. The zero-order valence-corrected chi connectivity index (χ0v) is 18.2. The standard InChI is InChI=1S/C20H22BrF2N5O/c1-11-8-17(19(22)23)26-28(11)14(4)20(29)24-16-7-5-6-15(9-16)10-27-13(3)18(21)12(2)25-27/h5-9,14,19H,10H2,1-4H3,(H,24,29). The molecular weight excluding hydrogens is 444 g/mol. The van der Waals surface area contributed by atoms with Crippen LogP contribution in [0.1, 0.15) is 47.7 Å². The number of carbonyl (C=O) groups is 1. The van der Waals surface area contributed by atoms with Gasteiger partial charge in [-0.05, 0) is 67.4 Å². The summed E-state index contributed by atoms with van der Waals surface area (Å²) in [6.07, 6.45) is -2.67. The summed E-state index contributed by atoms with van der Waals surface area (Å²) >= 11 is 3.52. The van der Waals surface area contributed by atoms with Crippen LogP contribution in [0.2, 0.25) is 0 Å². The predicted molar refractivity (Wildman–Crippen MR) is 110 cm³/mol. The van der Waals surface area contributed by atoms with Crippen molar-refractivity contribution in [2.45, 2.75) is 46.7 Å². The van der Waals surface area contributed by atoms with Gasteiger partial charge in [-0.1, -0.05) is 12.1 Å². The fourth-order valence-corrected chi connectivity index (χ4v) is 3.40. The molecule has 3 aromatic rings. The second-order valence-corrected chi connectivity index (χ2v) is 7.76.